The number of nitrogens with zero attached hydrogens (tertiary/aromatic N) is 1. The first kappa shape index (κ1) is 16.3. The highest BCUT2D eigenvalue weighted by Crippen LogP contribution is 2.35. The standard InChI is InChI=1S/C13H23N3O4/c1-2-5-13(11(18)19)6-8-16(9-13)12(20)15-7-3-4-10(14)17/h2-9H2,1H3,(H2,14,17)(H,15,20)(H,18,19). The quantitative estimate of drug-likeness (QED) is 0.592. The number of primary amides is 1. The van der Waals surface area contributed by atoms with E-state index in [1.165, 1.54) is 4.90 Å². The molecule has 1 saturated heterocycles. The van der Waals surface area contributed by atoms with Crippen molar-refractivity contribution >= 4 is 17.9 Å². The van der Waals surface area contributed by atoms with Gasteiger partial charge in [0.15, 0.2) is 0 Å². The van der Waals surface area contributed by atoms with Crippen LogP contribution in [-0.4, -0.2) is 47.5 Å². The summed E-state index contributed by atoms with van der Waals surface area (Å²) in [5.41, 5.74) is 4.20. The maximum Gasteiger partial charge on any atom is 0.317 e. The molecule has 7 heteroatoms. The lowest BCUT2D eigenvalue weighted by atomic mass is 9.83. The molecule has 4 N–H and O–H groups in total. The van der Waals surface area contributed by atoms with E-state index in [0.717, 1.165) is 6.42 Å². The molecule has 0 bridgehead atoms. The van der Waals surface area contributed by atoms with Crippen molar-refractivity contribution in [3.05, 3.63) is 0 Å². The SMILES string of the molecule is CCCC1(C(=O)O)CCN(C(=O)NCCCC(N)=O)C1. The number of aliphatic carboxylic acids is 1. The second-order valence-electron chi connectivity index (χ2n) is 5.31. The van der Waals surface area contributed by atoms with Crippen LogP contribution in [0.3, 0.4) is 0 Å². The number of carbonyl (C=O) groups excluding carboxylic acids is 2. The Kier molecular flexibility index (Phi) is 5.79. The number of nitrogens with one attached hydrogen (secondary N) is 1. The Bertz CT molecular complexity index is 386. The summed E-state index contributed by atoms with van der Waals surface area (Å²) >= 11 is 0. The Morgan fingerprint density at radius 2 is 2.10 bits per heavy atom. The Labute approximate surface area is 118 Å². The fourth-order valence-corrected chi connectivity index (χ4v) is 2.58. The number of rotatable bonds is 7. The van der Waals surface area contributed by atoms with Crippen LogP contribution in [0.15, 0.2) is 0 Å². The van der Waals surface area contributed by atoms with Gasteiger partial charge in [-0.15, -0.1) is 0 Å². The number of amides is 3. The van der Waals surface area contributed by atoms with E-state index in [-0.39, 0.29) is 19.0 Å². The van der Waals surface area contributed by atoms with E-state index in [2.05, 4.69) is 5.32 Å². The molecule has 114 valence electrons. The van der Waals surface area contributed by atoms with Crippen molar-refractivity contribution in [2.24, 2.45) is 11.1 Å². The van der Waals surface area contributed by atoms with Gasteiger partial charge in [0.25, 0.3) is 0 Å². The number of urea groups is 1. The van der Waals surface area contributed by atoms with Crippen molar-refractivity contribution < 1.29 is 19.5 Å². The summed E-state index contributed by atoms with van der Waals surface area (Å²) in [4.78, 5) is 35.4. The lowest BCUT2D eigenvalue weighted by Gasteiger charge is -2.24. The Morgan fingerprint density at radius 3 is 2.65 bits per heavy atom. The van der Waals surface area contributed by atoms with Gasteiger partial charge in [-0.2, -0.15) is 0 Å². The van der Waals surface area contributed by atoms with Gasteiger partial charge in [0, 0.05) is 26.1 Å². The largest absolute Gasteiger partial charge is 0.481 e. The molecule has 0 aromatic heterocycles. The van der Waals surface area contributed by atoms with Crippen molar-refractivity contribution in [2.75, 3.05) is 19.6 Å². The Hall–Kier alpha value is -1.79. The zero-order valence-electron chi connectivity index (χ0n) is 11.9. The first-order valence-electron chi connectivity index (χ1n) is 6.96. The summed E-state index contributed by atoms with van der Waals surface area (Å²) in [6.07, 6.45) is 2.57. The summed E-state index contributed by atoms with van der Waals surface area (Å²) in [7, 11) is 0. The van der Waals surface area contributed by atoms with Crippen molar-refractivity contribution in [3.63, 3.8) is 0 Å². The zero-order chi connectivity index (χ0) is 15.2. The van der Waals surface area contributed by atoms with Crippen molar-refractivity contribution in [1.82, 2.24) is 10.2 Å². The number of carboxylic acids is 1. The minimum atomic E-state index is -0.830. The van der Waals surface area contributed by atoms with Gasteiger partial charge in [0.1, 0.15) is 0 Å². The molecule has 7 nitrogen and oxygen atoms in total. The topological polar surface area (TPSA) is 113 Å². The molecule has 1 heterocycles. The summed E-state index contributed by atoms with van der Waals surface area (Å²) in [5, 5.41) is 12.0. The normalized spacial score (nSPS) is 21.8. The van der Waals surface area contributed by atoms with Gasteiger partial charge in [0.05, 0.1) is 5.41 Å². The molecule has 0 spiro atoms. The molecule has 0 aliphatic carbocycles. The van der Waals surface area contributed by atoms with Crippen LogP contribution in [0.25, 0.3) is 0 Å². The van der Waals surface area contributed by atoms with E-state index >= 15 is 0 Å². The molecule has 0 aromatic rings. The van der Waals surface area contributed by atoms with Crippen molar-refractivity contribution in [1.29, 1.82) is 0 Å². The van der Waals surface area contributed by atoms with Crippen LogP contribution in [0.4, 0.5) is 4.79 Å². The maximum absolute atomic E-state index is 11.9. The smallest absolute Gasteiger partial charge is 0.317 e. The number of hydrogen-bond donors (Lipinski definition) is 3. The molecule has 1 rings (SSSR count). The number of carbonyl (C=O) groups is 3. The van der Waals surface area contributed by atoms with E-state index < -0.39 is 17.3 Å². The van der Waals surface area contributed by atoms with Crippen LogP contribution in [0.1, 0.15) is 39.0 Å². The van der Waals surface area contributed by atoms with Crippen LogP contribution in [0.5, 0.6) is 0 Å². The monoisotopic (exact) mass is 285 g/mol. The molecule has 1 fully saturated rings. The first-order chi connectivity index (χ1) is 9.41. The van der Waals surface area contributed by atoms with Gasteiger partial charge in [-0.05, 0) is 19.3 Å². The fraction of sp³-hybridized carbons (Fsp3) is 0.769. The Morgan fingerprint density at radius 1 is 1.40 bits per heavy atom. The zero-order valence-corrected chi connectivity index (χ0v) is 11.9. The summed E-state index contributed by atoms with van der Waals surface area (Å²) in [6.45, 7) is 3.01. The lowest BCUT2D eigenvalue weighted by molar-refractivity contribution is -0.148. The summed E-state index contributed by atoms with van der Waals surface area (Å²) in [5.74, 6) is -1.23. The summed E-state index contributed by atoms with van der Waals surface area (Å²) in [6, 6.07) is -0.270. The maximum atomic E-state index is 11.9. The second kappa shape index (κ2) is 7.12. The van der Waals surface area contributed by atoms with E-state index in [1.54, 1.807) is 0 Å². The minimum absolute atomic E-state index is 0.231. The molecule has 20 heavy (non-hydrogen) atoms. The number of hydrogen-bond acceptors (Lipinski definition) is 3. The van der Waals surface area contributed by atoms with Crippen LogP contribution < -0.4 is 11.1 Å². The molecule has 0 aromatic carbocycles. The molecular formula is C13H23N3O4. The molecule has 0 saturated carbocycles. The molecule has 1 aliphatic rings. The molecule has 3 amide bonds. The molecular weight excluding hydrogens is 262 g/mol. The summed E-state index contributed by atoms with van der Waals surface area (Å²) < 4.78 is 0. The number of nitrogens with two attached hydrogens (primary N) is 1. The van der Waals surface area contributed by atoms with Gasteiger partial charge < -0.3 is 21.1 Å². The van der Waals surface area contributed by atoms with Crippen LogP contribution in [0.2, 0.25) is 0 Å². The van der Waals surface area contributed by atoms with Gasteiger partial charge in [-0.25, -0.2) is 4.79 Å². The van der Waals surface area contributed by atoms with Gasteiger partial charge in [-0.3, -0.25) is 9.59 Å². The number of carboxylic acid groups (broad SMARTS) is 1. The van der Waals surface area contributed by atoms with Crippen LogP contribution >= 0.6 is 0 Å². The predicted molar refractivity (Wildman–Crippen MR) is 73.0 cm³/mol. The lowest BCUT2D eigenvalue weighted by Crippen LogP contribution is -2.42. The van der Waals surface area contributed by atoms with E-state index in [0.29, 0.717) is 32.4 Å². The molecule has 1 unspecified atom stereocenters. The van der Waals surface area contributed by atoms with Gasteiger partial charge in [-0.1, -0.05) is 13.3 Å². The first-order valence-corrected chi connectivity index (χ1v) is 6.96. The van der Waals surface area contributed by atoms with Crippen LogP contribution in [-0.2, 0) is 9.59 Å². The third-order valence-electron chi connectivity index (χ3n) is 3.70. The predicted octanol–water partition coefficient (Wildman–Crippen LogP) is 0.538. The number of likely N-dealkylation sites (tertiary alicyclic amines) is 1. The average Bonchev–Trinajstić information content (AvgIpc) is 2.80. The van der Waals surface area contributed by atoms with E-state index in [4.69, 9.17) is 5.73 Å². The van der Waals surface area contributed by atoms with Gasteiger partial charge >= 0.3 is 12.0 Å². The third kappa shape index (κ3) is 4.11. The highest BCUT2D eigenvalue weighted by Gasteiger charge is 2.45. The third-order valence-corrected chi connectivity index (χ3v) is 3.70. The van der Waals surface area contributed by atoms with E-state index in [1.807, 2.05) is 6.92 Å². The van der Waals surface area contributed by atoms with Crippen molar-refractivity contribution in [2.45, 2.75) is 39.0 Å². The highest BCUT2D eigenvalue weighted by molar-refractivity contribution is 5.79. The highest BCUT2D eigenvalue weighted by atomic mass is 16.4. The average molecular weight is 285 g/mol. The minimum Gasteiger partial charge on any atom is -0.481 e. The molecule has 0 radical (unpaired) electrons. The van der Waals surface area contributed by atoms with Gasteiger partial charge in [0.2, 0.25) is 5.91 Å². The molecule has 1 aliphatic heterocycles. The Balaban J connectivity index is 2.43. The van der Waals surface area contributed by atoms with Crippen LogP contribution in [0, 0.1) is 5.41 Å². The van der Waals surface area contributed by atoms with E-state index in [9.17, 15) is 19.5 Å². The second-order valence-corrected chi connectivity index (χ2v) is 5.31. The molecule has 1 atom stereocenters. The fourth-order valence-electron chi connectivity index (χ4n) is 2.58. The van der Waals surface area contributed by atoms with Crippen molar-refractivity contribution in [3.8, 4) is 0 Å².